The van der Waals surface area contributed by atoms with Crippen molar-refractivity contribution in [3.8, 4) is 11.6 Å². The number of benzene rings is 1. The lowest BCUT2D eigenvalue weighted by Crippen LogP contribution is -2.04. The Balaban J connectivity index is 2.44. The molecule has 1 aromatic heterocycles. The van der Waals surface area contributed by atoms with Crippen LogP contribution in [0.5, 0.6) is 11.6 Å². The molecule has 1 heterocycles. The molecular weight excluding hydrogens is 270 g/mol. The van der Waals surface area contributed by atoms with Gasteiger partial charge in [-0.05, 0) is 18.6 Å². The van der Waals surface area contributed by atoms with Gasteiger partial charge in [-0.2, -0.15) is 9.37 Å². The lowest BCUT2D eigenvalue weighted by molar-refractivity contribution is 0.0694. The highest BCUT2D eigenvalue weighted by Crippen LogP contribution is 2.27. The molecule has 0 atom stereocenters. The molecule has 0 unspecified atom stereocenters. The van der Waals surface area contributed by atoms with Crippen molar-refractivity contribution in [2.45, 2.75) is 13.3 Å². The third kappa shape index (κ3) is 2.71. The van der Waals surface area contributed by atoms with Crippen molar-refractivity contribution >= 4 is 5.97 Å². The fourth-order valence-corrected chi connectivity index (χ4v) is 1.57. The van der Waals surface area contributed by atoms with Crippen LogP contribution in [0.15, 0.2) is 24.5 Å². The highest BCUT2D eigenvalue weighted by Gasteiger charge is 2.17. The molecule has 0 aliphatic heterocycles. The highest BCUT2D eigenvalue weighted by molar-refractivity contribution is 5.90. The van der Waals surface area contributed by atoms with Gasteiger partial charge >= 0.3 is 5.97 Å². The third-order valence-corrected chi connectivity index (χ3v) is 2.55. The molecule has 1 aromatic carbocycles. The monoisotopic (exact) mass is 280 g/mol. The molecule has 0 saturated heterocycles. The maximum atomic E-state index is 13.9. The van der Waals surface area contributed by atoms with Gasteiger partial charge in [-0.25, -0.2) is 14.2 Å². The summed E-state index contributed by atoms with van der Waals surface area (Å²) in [6, 6.07) is 2.87. The molecule has 0 bridgehead atoms. The first kappa shape index (κ1) is 13.9. The minimum absolute atomic E-state index is 0.128. The molecule has 2 rings (SSSR count). The van der Waals surface area contributed by atoms with Crippen LogP contribution >= 0.6 is 0 Å². The van der Waals surface area contributed by atoms with E-state index in [4.69, 9.17) is 9.84 Å². The average molecular weight is 280 g/mol. The summed E-state index contributed by atoms with van der Waals surface area (Å²) in [5.74, 6) is -3.57. The molecule has 0 aliphatic carbocycles. The van der Waals surface area contributed by atoms with E-state index in [0.717, 1.165) is 24.5 Å². The van der Waals surface area contributed by atoms with E-state index in [-0.39, 0.29) is 17.0 Å². The Kier molecular flexibility index (Phi) is 3.88. The minimum Gasteiger partial charge on any atom is -0.478 e. The fraction of sp³-hybridized carbons (Fsp3) is 0.154. The second-order valence-electron chi connectivity index (χ2n) is 3.84. The smallest absolute Gasteiger partial charge is 0.339 e. The zero-order valence-corrected chi connectivity index (χ0v) is 10.4. The number of hydrogen-bond acceptors (Lipinski definition) is 4. The number of halogens is 2. The number of aromatic carboxylic acids is 1. The van der Waals surface area contributed by atoms with Crippen molar-refractivity contribution in [2.75, 3.05) is 0 Å². The standard InChI is InChI=1S/C13H10F2N2O3/c1-2-9-11(15)12(17-6-16-9)20-10-5-7(14)3-4-8(10)13(18)19/h3-6H,2H2,1H3,(H,18,19). The lowest BCUT2D eigenvalue weighted by atomic mass is 10.2. The van der Waals surface area contributed by atoms with Gasteiger partial charge in [0, 0.05) is 6.07 Å². The van der Waals surface area contributed by atoms with E-state index in [1.807, 2.05) is 0 Å². The molecule has 104 valence electrons. The lowest BCUT2D eigenvalue weighted by Gasteiger charge is -2.09. The fourth-order valence-electron chi connectivity index (χ4n) is 1.57. The van der Waals surface area contributed by atoms with Gasteiger partial charge in [-0.15, -0.1) is 0 Å². The Morgan fingerprint density at radius 2 is 2.10 bits per heavy atom. The predicted molar refractivity (Wildman–Crippen MR) is 64.8 cm³/mol. The van der Waals surface area contributed by atoms with Crippen LogP contribution < -0.4 is 4.74 Å². The van der Waals surface area contributed by atoms with Gasteiger partial charge in [0.2, 0.25) is 5.82 Å². The summed E-state index contributed by atoms with van der Waals surface area (Å²) in [6.45, 7) is 1.69. The first-order chi connectivity index (χ1) is 9.52. The van der Waals surface area contributed by atoms with Crippen molar-refractivity contribution in [3.63, 3.8) is 0 Å². The zero-order chi connectivity index (χ0) is 14.7. The summed E-state index contributed by atoms with van der Waals surface area (Å²) < 4.78 is 32.1. The van der Waals surface area contributed by atoms with Crippen LogP contribution in [0.2, 0.25) is 0 Å². The molecule has 0 radical (unpaired) electrons. The van der Waals surface area contributed by atoms with E-state index in [0.29, 0.717) is 6.42 Å². The Morgan fingerprint density at radius 1 is 1.35 bits per heavy atom. The van der Waals surface area contributed by atoms with Crippen LogP contribution in [0.1, 0.15) is 23.0 Å². The molecule has 1 N–H and O–H groups in total. The van der Waals surface area contributed by atoms with E-state index < -0.39 is 23.5 Å². The Bertz CT molecular complexity index is 662. The number of nitrogens with zero attached hydrogens (tertiary/aromatic N) is 2. The van der Waals surface area contributed by atoms with Crippen molar-refractivity contribution < 1.29 is 23.4 Å². The summed E-state index contributed by atoms with van der Waals surface area (Å²) >= 11 is 0. The van der Waals surface area contributed by atoms with Crippen LogP contribution in [-0.4, -0.2) is 21.0 Å². The summed E-state index contributed by atoms with van der Waals surface area (Å²) in [5, 5.41) is 8.98. The normalized spacial score (nSPS) is 10.3. The minimum atomic E-state index is -1.31. The topological polar surface area (TPSA) is 72.3 Å². The van der Waals surface area contributed by atoms with Crippen molar-refractivity contribution in [3.05, 3.63) is 47.4 Å². The summed E-state index contributed by atoms with van der Waals surface area (Å²) in [6.07, 6.45) is 1.41. The summed E-state index contributed by atoms with van der Waals surface area (Å²) in [7, 11) is 0. The maximum Gasteiger partial charge on any atom is 0.339 e. The van der Waals surface area contributed by atoms with Crippen LogP contribution in [0.4, 0.5) is 8.78 Å². The quantitative estimate of drug-likeness (QED) is 0.932. The second-order valence-corrected chi connectivity index (χ2v) is 3.84. The predicted octanol–water partition coefficient (Wildman–Crippen LogP) is 2.81. The van der Waals surface area contributed by atoms with Gasteiger partial charge in [-0.1, -0.05) is 6.92 Å². The van der Waals surface area contributed by atoms with Gasteiger partial charge in [0.05, 0.1) is 5.69 Å². The molecule has 7 heteroatoms. The van der Waals surface area contributed by atoms with Crippen molar-refractivity contribution in [1.29, 1.82) is 0 Å². The number of hydrogen-bond donors (Lipinski definition) is 1. The van der Waals surface area contributed by atoms with Crippen LogP contribution in [0, 0.1) is 11.6 Å². The maximum absolute atomic E-state index is 13.9. The SMILES string of the molecule is CCc1ncnc(Oc2cc(F)ccc2C(=O)O)c1F. The van der Waals surface area contributed by atoms with Gasteiger partial charge < -0.3 is 9.84 Å². The first-order valence-corrected chi connectivity index (χ1v) is 5.73. The number of aryl methyl sites for hydroxylation is 1. The molecule has 0 saturated carbocycles. The molecule has 0 fully saturated rings. The number of ether oxygens (including phenoxy) is 1. The van der Waals surface area contributed by atoms with Crippen molar-refractivity contribution in [2.24, 2.45) is 0 Å². The molecule has 0 aliphatic rings. The number of carboxylic acids is 1. The number of carbonyl (C=O) groups is 1. The summed E-state index contributed by atoms with van der Waals surface area (Å²) in [4.78, 5) is 18.3. The Morgan fingerprint density at radius 3 is 2.75 bits per heavy atom. The van der Waals surface area contributed by atoms with Gasteiger partial charge in [-0.3, -0.25) is 0 Å². The van der Waals surface area contributed by atoms with E-state index in [1.54, 1.807) is 6.92 Å². The Hall–Kier alpha value is -2.57. The van der Waals surface area contributed by atoms with E-state index in [1.165, 1.54) is 0 Å². The molecule has 0 amide bonds. The van der Waals surface area contributed by atoms with Gasteiger partial charge in [0.25, 0.3) is 5.88 Å². The number of carboxylic acid groups (broad SMARTS) is 1. The third-order valence-electron chi connectivity index (χ3n) is 2.55. The molecule has 20 heavy (non-hydrogen) atoms. The van der Waals surface area contributed by atoms with E-state index in [9.17, 15) is 13.6 Å². The average Bonchev–Trinajstić information content (AvgIpc) is 2.41. The van der Waals surface area contributed by atoms with E-state index in [2.05, 4.69) is 9.97 Å². The number of aromatic nitrogens is 2. The van der Waals surface area contributed by atoms with Crippen molar-refractivity contribution in [1.82, 2.24) is 9.97 Å². The second kappa shape index (κ2) is 5.60. The molecular formula is C13H10F2N2O3. The van der Waals surface area contributed by atoms with Gasteiger partial charge in [0.1, 0.15) is 23.5 Å². The zero-order valence-electron chi connectivity index (χ0n) is 10.4. The highest BCUT2D eigenvalue weighted by atomic mass is 19.1. The largest absolute Gasteiger partial charge is 0.478 e. The van der Waals surface area contributed by atoms with Crippen LogP contribution in [0.25, 0.3) is 0 Å². The Labute approximate surface area is 112 Å². The van der Waals surface area contributed by atoms with E-state index >= 15 is 0 Å². The summed E-state index contributed by atoms with van der Waals surface area (Å²) in [5.41, 5.74) is -0.161. The van der Waals surface area contributed by atoms with Crippen LogP contribution in [0.3, 0.4) is 0 Å². The van der Waals surface area contributed by atoms with Crippen LogP contribution in [-0.2, 0) is 6.42 Å². The molecule has 0 spiro atoms. The van der Waals surface area contributed by atoms with Gasteiger partial charge in [0.15, 0.2) is 0 Å². The first-order valence-electron chi connectivity index (χ1n) is 5.73. The number of rotatable bonds is 4. The molecule has 5 nitrogen and oxygen atoms in total. The molecule has 2 aromatic rings.